The Morgan fingerprint density at radius 1 is 0.857 bits per heavy atom. The van der Waals surface area contributed by atoms with Crippen LogP contribution in [0.4, 0.5) is 0 Å². The predicted octanol–water partition coefficient (Wildman–Crippen LogP) is 1.92. The van der Waals surface area contributed by atoms with Crippen LogP contribution in [0.5, 0.6) is 0 Å². The number of nitrogens with zero attached hydrogens (tertiary/aromatic N) is 3. The Morgan fingerprint density at radius 2 is 1.51 bits per heavy atom. The van der Waals surface area contributed by atoms with Gasteiger partial charge in [-0.3, -0.25) is 28.8 Å². The van der Waals surface area contributed by atoms with Crippen LogP contribution in [-0.2, 0) is 25.6 Å². The highest BCUT2D eigenvalue weighted by atomic mass is 32.1. The van der Waals surface area contributed by atoms with E-state index in [9.17, 15) is 28.8 Å². The molecule has 0 saturated carbocycles. The number of thiazole rings is 1. The second kappa shape index (κ2) is 16.8. The van der Waals surface area contributed by atoms with Crippen molar-refractivity contribution in [1.82, 2.24) is 36.1 Å². The molecule has 260 valence electrons. The molecule has 2 aromatic carbocycles. The predicted molar refractivity (Wildman–Crippen MR) is 184 cm³/mol. The molecular weight excluding hydrogens is 646 g/mol. The second-order valence-corrected chi connectivity index (χ2v) is 13.3. The van der Waals surface area contributed by atoms with Crippen molar-refractivity contribution >= 4 is 46.8 Å². The highest BCUT2D eigenvalue weighted by molar-refractivity contribution is 7.09. The first-order chi connectivity index (χ1) is 23.3. The Hall–Kier alpha value is -5.11. The largest absolute Gasteiger partial charge is 0.345 e. The first kappa shape index (κ1) is 36.7. The van der Waals surface area contributed by atoms with E-state index in [4.69, 9.17) is 0 Å². The van der Waals surface area contributed by atoms with Crippen LogP contribution >= 0.6 is 11.3 Å². The van der Waals surface area contributed by atoms with Gasteiger partial charge in [0.25, 0.3) is 11.8 Å². The lowest BCUT2D eigenvalue weighted by Crippen LogP contribution is -2.57. The number of likely N-dealkylation sites (N-methyl/N-ethyl adjacent to an activating group) is 1. The molecular formula is C35H43N7O6S. The Labute approximate surface area is 289 Å². The van der Waals surface area contributed by atoms with E-state index in [0.29, 0.717) is 17.0 Å². The summed E-state index contributed by atoms with van der Waals surface area (Å²) in [4.78, 5) is 87.4. The fraction of sp³-hybridized carbons (Fsp3) is 0.400. The molecule has 1 aliphatic rings. The number of hydrogen-bond acceptors (Lipinski definition) is 8. The van der Waals surface area contributed by atoms with Gasteiger partial charge in [0.05, 0.1) is 12.6 Å². The van der Waals surface area contributed by atoms with Crippen molar-refractivity contribution in [1.29, 1.82) is 0 Å². The molecule has 0 unspecified atom stereocenters. The highest BCUT2D eigenvalue weighted by Crippen LogP contribution is 2.23. The average Bonchev–Trinajstić information content (AvgIpc) is 3.58. The summed E-state index contributed by atoms with van der Waals surface area (Å²) in [6, 6.07) is 14.4. The van der Waals surface area contributed by atoms with Gasteiger partial charge in [0.2, 0.25) is 23.6 Å². The van der Waals surface area contributed by atoms with E-state index in [0.717, 1.165) is 5.56 Å². The van der Waals surface area contributed by atoms with Gasteiger partial charge in [0.15, 0.2) is 0 Å². The summed E-state index contributed by atoms with van der Waals surface area (Å²) in [6.45, 7) is 6.32. The number of fused-ring (bicyclic) bond motifs is 2. The van der Waals surface area contributed by atoms with Crippen LogP contribution < -0.4 is 21.3 Å². The van der Waals surface area contributed by atoms with Gasteiger partial charge in [0, 0.05) is 31.1 Å². The van der Waals surface area contributed by atoms with Crippen LogP contribution in [0.1, 0.15) is 65.2 Å². The Bertz CT molecular complexity index is 1650. The highest BCUT2D eigenvalue weighted by Gasteiger charge is 2.31. The van der Waals surface area contributed by atoms with Crippen LogP contribution in [0, 0.1) is 5.92 Å². The molecule has 4 N–H and O–H groups in total. The summed E-state index contributed by atoms with van der Waals surface area (Å²) in [5.74, 6) is -3.37. The molecule has 0 aliphatic carbocycles. The molecule has 14 heteroatoms. The van der Waals surface area contributed by atoms with Gasteiger partial charge in [0.1, 0.15) is 28.8 Å². The van der Waals surface area contributed by atoms with Gasteiger partial charge < -0.3 is 31.1 Å². The molecule has 13 nitrogen and oxygen atoms in total. The molecule has 0 saturated heterocycles. The van der Waals surface area contributed by atoms with Crippen LogP contribution in [0.25, 0.3) is 0 Å². The van der Waals surface area contributed by atoms with Crippen LogP contribution in [0.15, 0.2) is 66.0 Å². The maximum atomic E-state index is 13.6. The third-order valence-corrected chi connectivity index (χ3v) is 9.07. The topological polar surface area (TPSA) is 170 Å². The minimum atomic E-state index is -1.01. The molecule has 49 heavy (non-hydrogen) atoms. The third-order valence-electron chi connectivity index (χ3n) is 8.11. The number of aromatic nitrogens is 1. The normalized spacial score (nSPS) is 22.0. The number of amides is 6. The van der Waals surface area contributed by atoms with Crippen molar-refractivity contribution in [2.24, 2.45) is 5.92 Å². The van der Waals surface area contributed by atoms with Crippen LogP contribution in [0.3, 0.4) is 0 Å². The number of rotatable bonds is 4. The van der Waals surface area contributed by atoms with Gasteiger partial charge in [-0.25, -0.2) is 4.98 Å². The van der Waals surface area contributed by atoms with E-state index in [2.05, 4.69) is 26.3 Å². The molecule has 1 aliphatic heterocycles. The molecule has 6 amide bonds. The number of benzene rings is 2. The Morgan fingerprint density at radius 3 is 2.16 bits per heavy atom. The van der Waals surface area contributed by atoms with Crippen molar-refractivity contribution in [3.05, 3.63) is 87.9 Å². The SMILES string of the molecule is CC(C)[C@@H]1NC(=O)[C@H](C)NC(=O)c2csc(n2)[C@H](Cc2ccccc2)NC(=O)CN(C(=O)c2ccccc2)CCN(C)C(=O)[C@@H](C)NC1=O. The van der Waals surface area contributed by atoms with Gasteiger partial charge in [-0.2, -0.15) is 0 Å². The van der Waals surface area contributed by atoms with E-state index in [1.807, 2.05) is 30.3 Å². The fourth-order valence-corrected chi connectivity index (χ4v) is 6.11. The zero-order chi connectivity index (χ0) is 35.7. The maximum Gasteiger partial charge on any atom is 0.271 e. The molecule has 2 heterocycles. The van der Waals surface area contributed by atoms with Crippen molar-refractivity contribution < 1.29 is 28.8 Å². The van der Waals surface area contributed by atoms with E-state index < -0.39 is 59.6 Å². The Balaban J connectivity index is 1.68. The van der Waals surface area contributed by atoms with Gasteiger partial charge in [-0.15, -0.1) is 11.3 Å². The van der Waals surface area contributed by atoms with E-state index in [1.54, 1.807) is 56.6 Å². The summed E-state index contributed by atoms with van der Waals surface area (Å²) >= 11 is 1.18. The Kier molecular flexibility index (Phi) is 12.6. The minimum Gasteiger partial charge on any atom is -0.345 e. The first-order valence-corrected chi connectivity index (χ1v) is 17.0. The van der Waals surface area contributed by atoms with Crippen molar-refractivity contribution in [2.75, 3.05) is 26.7 Å². The van der Waals surface area contributed by atoms with Gasteiger partial charge in [-0.05, 0) is 43.9 Å². The minimum absolute atomic E-state index is 0.0253. The maximum absolute atomic E-state index is 13.6. The van der Waals surface area contributed by atoms with Gasteiger partial charge >= 0.3 is 0 Å². The quantitative estimate of drug-likeness (QED) is 0.324. The lowest BCUT2D eigenvalue weighted by molar-refractivity contribution is -0.136. The number of carbonyl (C=O) groups is 6. The standard InChI is InChI=1S/C35H43N7O6S/c1-21(2)29-32(46)37-23(4)34(47)41(5)16-17-42(35(48)25-14-10-7-11-15-25)19-28(43)38-26(18-24-12-8-6-9-13-24)33-39-27(20-49-33)31(45)36-22(3)30(44)40-29/h6-15,20-23,26,29H,16-19H2,1-5H3,(H,36,45)(H,37,46)(H,38,43)(H,40,44)/t22-,23+,26-,29-/m0/s1. The second-order valence-electron chi connectivity index (χ2n) is 12.4. The monoisotopic (exact) mass is 689 g/mol. The zero-order valence-corrected chi connectivity index (χ0v) is 29.1. The molecule has 4 atom stereocenters. The third kappa shape index (κ3) is 9.95. The molecule has 0 radical (unpaired) electrons. The van der Waals surface area contributed by atoms with Crippen LogP contribution in [0.2, 0.25) is 0 Å². The molecule has 0 spiro atoms. The summed E-state index contributed by atoms with van der Waals surface area (Å²) in [5, 5.41) is 13.0. The lowest BCUT2D eigenvalue weighted by Gasteiger charge is -2.29. The van der Waals surface area contributed by atoms with Gasteiger partial charge in [-0.1, -0.05) is 62.4 Å². The summed E-state index contributed by atoms with van der Waals surface area (Å²) in [5.41, 5.74) is 1.36. The summed E-state index contributed by atoms with van der Waals surface area (Å²) in [7, 11) is 1.55. The first-order valence-electron chi connectivity index (χ1n) is 16.1. The lowest BCUT2D eigenvalue weighted by atomic mass is 10.0. The summed E-state index contributed by atoms with van der Waals surface area (Å²) < 4.78 is 0. The van der Waals surface area contributed by atoms with Crippen molar-refractivity contribution in [2.45, 2.75) is 58.3 Å². The molecule has 2 bridgehead atoms. The molecule has 0 fully saturated rings. The molecule has 3 aromatic rings. The average molecular weight is 690 g/mol. The number of hydrogen-bond donors (Lipinski definition) is 4. The molecule has 4 rings (SSSR count). The van der Waals surface area contributed by atoms with Crippen LogP contribution in [-0.4, -0.2) is 95.0 Å². The van der Waals surface area contributed by atoms with Crippen molar-refractivity contribution in [3.63, 3.8) is 0 Å². The fourth-order valence-electron chi connectivity index (χ4n) is 5.26. The smallest absolute Gasteiger partial charge is 0.271 e. The summed E-state index contributed by atoms with van der Waals surface area (Å²) in [6.07, 6.45) is 0.360. The van der Waals surface area contributed by atoms with E-state index in [1.165, 1.54) is 35.0 Å². The van der Waals surface area contributed by atoms with E-state index in [-0.39, 0.29) is 31.2 Å². The van der Waals surface area contributed by atoms with Crippen molar-refractivity contribution in [3.8, 4) is 0 Å². The zero-order valence-electron chi connectivity index (χ0n) is 28.3. The molecule has 1 aromatic heterocycles. The number of nitrogens with one attached hydrogen (secondary N) is 4. The van der Waals surface area contributed by atoms with E-state index >= 15 is 0 Å². The number of carbonyl (C=O) groups excluding carboxylic acids is 6.